The first-order valence-electron chi connectivity index (χ1n) is 5.96. The van der Waals surface area contributed by atoms with Crippen LogP contribution in [-0.4, -0.2) is 12.5 Å². The summed E-state index contributed by atoms with van der Waals surface area (Å²) in [6.45, 7) is -0.280. The maximum atomic E-state index is 13.3. The molecule has 1 amide bonds. The van der Waals surface area contributed by atoms with Gasteiger partial charge in [-0.1, -0.05) is 17.7 Å². The maximum absolute atomic E-state index is 13.3. The smallest absolute Gasteiger partial charge is 0.262 e. The van der Waals surface area contributed by atoms with Gasteiger partial charge in [-0.05, 0) is 30.3 Å². The first-order valence-corrected chi connectivity index (χ1v) is 6.34. The van der Waals surface area contributed by atoms with E-state index in [0.717, 1.165) is 6.07 Å². The summed E-state index contributed by atoms with van der Waals surface area (Å²) in [7, 11) is 0. The van der Waals surface area contributed by atoms with Crippen molar-refractivity contribution < 1.29 is 13.9 Å². The van der Waals surface area contributed by atoms with Gasteiger partial charge < -0.3 is 10.1 Å². The van der Waals surface area contributed by atoms with Crippen LogP contribution in [0.5, 0.6) is 5.75 Å². The number of anilines is 1. The number of carbonyl (C=O) groups is 1. The molecular weight excluding hydrogens is 295 g/mol. The van der Waals surface area contributed by atoms with Crippen molar-refractivity contribution in [1.29, 1.82) is 5.26 Å². The van der Waals surface area contributed by atoms with Crippen molar-refractivity contribution in [3.05, 3.63) is 58.9 Å². The van der Waals surface area contributed by atoms with Crippen molar-refractivity contribution in [2.45, 2.75) is 0 Å². The molecule has 0 unspecified atom stereocenters. The van der Waals surface area contributed by atoms with Gasteiger partial charge in [0.15, 0.2) is 6.61 Å². The van der Waals surface area contributed by atoms with Gasteiger partial charge in [-0.25, -0.2) is 4.39 Å². The van der Waals surface area contributed by atoms with Gasteiger partial charge in [-0.15, -0.1) is 0 Å². The molecule has 0 atom stereocenters. The number of benzene rings is 2. The number of ether oxygens (including phenoxy) is 1. The molecule has 2 rings (SSSR count). The molecule has 0 aliphatic rings. The van der Waals surface area contributed by atoms with Crippen LogP contribution in [0.4, 0.5) is 10.1 Å². The van der Waals surface area contributed by atoms with Crippen molar-refractivity contribution in [2.24, 2.45) is 0 Å². The average Bonchev–Trinajstić information content (AvgIpc) is 2.45. The van der Waals surface area contributed by atoms with E-state index in [4.69, 9.17) is 21.6 Å². The Hall–Kier alpha value is -2.58. The van der Waals surface area contributed by atoms with E-state index in [2.05, 4.69) is 5.32 Å². The van der Waals surface area contributed by atoms with Crippen molar-refractivity contribution in [3.63, 3.8) is 0 Å². The predicted molar refractivity (Wildman–Crippen MR) is 76.7 cm³/mol. The van der Waals surface area contributed by atoms with E-state index in [1.54, 1.807) is 30.3 Å². The van der Waals surface area contributed by atoms with Crippen molar-refractivity contribution in [2.75, 3.05) is 11.9 Å². The number of nitrogens with one attached hydrogen (secondary N) is 1. The lowest BCUT2D eigenvalue weighted by Gasteiger charge is -2.08. The second-order valence-corrected chi connectivity index (χ2v) is 4.54. The summed E-state index contributed by atoms with van der Waals surface area (Å²) in [6.07, 6.45) is 0. The minimum absolute atomic E-state index is 0.0780. The maximum Gasteiger partial charge on any atom is 0.262 e. The van der Waals surface area contributed by atoms with Gasteiger partial charge in [0, 0.05) is 16.8 Å². The van der Waals surface area contributed by atoms with E-state index in [9.17, 15) is 9.18 Å². The third-order valence-electron chi connectivity index (χ3n) is 2.54. The molecule has 0 saturated carbocycles. The predicted octanol–water partition coefficient (Wildman–Crippen LogP) is 3.37. The number of amides is 1. The first-order chi connectivity index (χ1) is 10.1. The molecule has 2 aromatic rings. The second kappa shape index (κ2) is 6.73. The number of hydrogen-bond acceptors (Lipinski definition) is 3. The molecule has 0 aliphatic heterocycles. The molecule has 4 nitrogen and oxygen atoms in total. The van der Waals surface area contributed by atoms with Gasteiger partial charge in [0.05, 0.1) is 5.56 Å². The monoisotopic (exact) mass is 304 g/mol. The zero-order chi connectivity index (χ0) is 15.2. The SMILES string of the molecule is N#Cc1ccc(OCC(=O)Nc2cccc(Cl)c2)cc1F. The molecule has 0 aliphatic carbocycles. The Balaban J connectivity index is 1.92. The normalized spacial score (nSPS) is 9.76. The van der Waals surface area contributed by atoms with Crippen LogP contribution in [0.1, 0.15) is 5.56 Å². The summed E-state index contributed by atoms with van der Waals surface area (Å²) < 4.78 is 18.5. The molecule has 0 aromatic heterocycles. The van der Waals surface area contributed by atoms with Crippen molar-refractivity contribution in [1.82, 2.24) is 0 Å². The number of halogens is 2. The van der Waals surface area contributed by atoms with Crippen LogP contribution in [0.2, 0.25) is 5.02 Å². The number of nitriles is 1. The molecular formula is C15H10ClFN2O2. The minimum Gasteiger partial charge on any atom is -0.484 e. The lowest BCUT2D eigenvalue weighted by molar-refractivity contribution is -0.118. The van der Waals surface area contributed by atoms with Gasteiger partial charge in [-0.2, -0.15) is 5.26 Å². The van der Waals surface area contributed by atoms with Gasteiger partial charge >= 0.3 is 0 Å². The summed E-state index contributed by atoms with van der Waals surface area (Å²) in [5, 5.41) is 11.7. The molecule has 1 N–H and O–H groups in total. The zero-order valence-electron chi connectivity index (χ0n) is 10.8. The van der Waals surface area contributed by atoms with Gasteiger partial charge in [0.1, 0.15) is 17.6 Å². The van der Waals surface area contributed by atoms with Gasteiger partial charge in [0.2, 0.25) is 0 Å². The van der Waals surface area contributed by atoms with Gasteiger partial charge in [0.25, 0.3) is 5.91 Å². The van der Waals surface area contributed by atoms with Crippen LogP contribution < -0.4 is 10.1 Å². The minimum atomic E-state index is -0.690. The van der Waals surface area contributed by atoms with Crippen molar-refractivity contribution in [3.8, 4) is 11.8 Å². The Morgan fingerprint density at radius 2 is 2.14 bits per heavy atom. The Labute approximate surface area is 125 Å². The third-order valence-corrected chi connectivity index (χ3v) is 2.77. The van der Waals surface area contributed by atoms with E-state index < -0.39 is 11.7 Å². The van der Waals surface area contributed by atoms with E-state index in [-0.39, 0.29) is 17.9 Å². The lowest BCUT2D eigenvalue weighted by Crippen LogP contribution is -2.20. The molecule has 0 saturated heterocycles. The Morgan fingerprint density at radius 1 is 1.33 bits per heavy atom. The summed E-state index contributed by atoms with van der Waals surface area (Å²) in [4.78, 5) is 11.7. The van der Waals surface area contributed by atoms with Crippen LogP contribution in [0, 0.1) is 17.1 Å². The van der Waals surface area contributed by atoms with Gasteiger partial charge in [-0.3, -0.25) is 4.79 Å². The number of carbonyl (C=O) groups excluding carboxylic acids is 1. The highest BCUT2D eigenvalue weighted by atomic mass is 35.5. The quantitative estimate of drug-likeness (QED) is 0.942. The van der Waals surface area contributed by atoms with E-state index >= 15 is 0 Å². The lowest BCUT2D eigenvalue weighted by atomic mass is 10.2. The summed E-state index contributed by atoms with van der Waals surface area (Å²) in [5.74, 6) is -0.917. The third kappa shape index (κ3) is 4.20. The number of hydrogen-bond donors (Lipinski definition) is 1. The number of nitrogens with zero attached hydrogens (tertiary/aromatic N) is 1. The van der Waals surface area contributed by atoms with E-state index in [1.165, 1.54) is 12.1 Å². The first kappa shape index (κ1) is 14.8. The fourth-order valence-corrected chi connectivity index (χ4v) is 1.78. The highest BCUT2D eigenvalue weighted by Gasteiger charge is 2.07. The fraction of sp³-hybridized carbons (Fsp3) is 0.0667. The standard InChI is InChI=1S/C15H10ClFN2O2/c16-11-2-1-3-12(6-11)19-15(20)9-21-13-5-4-10(8-18)14(17)7-13/h1-7H,9H2,(H,19,20). The Morgan fingerprint density at radius 3 is 2.81 bits per heavy atom. The molecule has 2 aromatic carbocycles. The fourth-order valence-electron chi connectivity index (χ4n) is 1.59. The molecule has 0 spiro atoms. The molecule has 0 fully saturated rings. The largest absolute Gasteiger partial charge is 0.484 e. The van der Waals surface area contributed by atoms with Crippen LogP contribution in [0.25, 0.3) is 0 Å². The van der Waals surface area contributed by atoms with Crippen LogP contribution in [0.15, 0.2) is 42.5 Å². The Kier molecular flexibility index (Phi) is 4.75. The molecule has 6 heteroatoms. The topological polar surface area (TPSA) is 62.1 Å². The molecule has 0 radical (unpaired) electrons. The zero-order valence-corrected chi connectivity index (χ0v) is 11.5. The molecule has 0 heterocycles. The van der Waals surface area contributed by atoms with Crippen LogP contribution in [0.3, 0.4) is 0 Å². The average molecular weight is 305 g/mol. The molecule has 0 bridgehead atoms. The summed E-state index contributed by atoms with van der Waals surface area (Å²) in [6, 6.07) is 12.2. The Bertz CT molecular complexity index is 713. The van der Waals surface area contributed by atoms with Crippen LogP contribution in [-0.2, 0) is 4.79 Å². The van der Waals surface area contributed by atoms with E-state index in [0.29, 0.717) is 10.7 Å². The molecule has 21 heavy (non-hydrogen) atoms. The number of rotatable bonds is 4. The summed E-state index contributed by atoms with van der Waals surface area (Å²) in [5.41, 5.74) is 0.466. The highest BCUT2D eigenvalue weighted by molar-refractivity contribution is 6.30. The van der Waals surface area contributed by atoms with Crippen molar-refractivity contribution >= 4 is 23.2 Å². The van der Waals surface area contributed by atoms with Crippen LogP contribution >= 0.6 is 11.6 Å². The highest BCUT2D eigenvalue weighted by Crippen LogP contribution is 2.17. The molecule has 106 valence electrons. The second-order valence-electron chi connectivity index (χ2n) is 4.10. The van der Waals surface area contributed by atoms with E-state index in [1.807, 2.05) is 0 Å². The summed E-state index contributed by atoms with van der Waals surface area (Å²) >= 11 is 5.80.